The second kappa shape index (κ2) is 9.78. The van der Waals surface area contributed by atoms with E-state index >= 15 is 0 Å². The van der Waals surface area contributed by atoms with Crippen LogP contribution in [-0.4, -0.2) is 36.2 Å². The SMILES string of the molecule is CC(C)N(C(=O)COC(=O)c1ccccc1SCC(N)=O)c1ccccc1. The lowest BCUT2D eigenvalue weighted by Gasteiger charge is -2.26. The third-order valence-electron chi connectivity index (χ3n) is 3.62. The molecule has 0 fully saturated rings. The Bertz CT molecular complexity index is 809. The first kappa shape index (κ1) is 20.5. The number of nitrogens with zero attached hydrogens (tertiary/aromatic N) is 1. The molecule has 2 rings (SSSR count). The van der Waals surface area contributed by atoms with Crippen molar-refractivity contribution in [3.05, 3.63) is 60.2 Å². The fourth-order valence-corrected chi connectivity index (χ4v) is 3.28. The molecule has 0 atom stereocenters. The second-order valence-electron chi connectivity index (χ2n) is 6.02. The summed E-state index contributed by atoms with van der Waals surface area (Å²) in [6.07, 6.45) is 0. The van der Waals surface area contributed by atoms with Crippen LogP contribution in [0.1, 0.15) is 24.2 Å². The van der Waals surface area contributed by atoms with Crippen LogP contribution in [-0.2, 0) is 14.3 Å². The number of thioether (sulfide) groups is 1. The van der Waals surface area contributed by atoms with E-state index in [2.05, 4.69) is 0 Å². The molecule has 2 N–H and O–H groups in total. The molecule has 6 nitrogen and oxygen atoms in total. The molecular weight excluding hydrogens is 364 g/mol. The van der Waals surface area contributed by atoms with Gasteiger partial charge in [-0.05, 0) is 38.1 Å². The highest BCUT2D eigenvalue weighted by atomic mass is 32.2. The van der Waals surface area contributed by atoms with Gasteiger partial charge in [0.25, 0.3) is 5.91 Å². The molecule has 2 amide bonds. The Morgan fingerprint density at radius 2 is 1.67 bits per heavy atom. The second-order valence-corrected chi connectivity index (χ2v) is 7.04. The number of rotatable bonds is 8. The number of nitrogens with two attached hydrogens (primary N) is 1. The van der Waals surface area contributed by atoms with Gasteiger partial charge in [0.1, 0.15) is 0 Å². The lowest BCUT2D eigenvalue weighted by molar-refractivity contribution is -0.122. The Kier molecular flexibility index (Phi) is 7.43. The van der Waals surface area contributed by atoms with Gasteiger partial charge in [-0.15, -0.1) is 11.8 Å². The van der Waals surface area contributed by atoms with E-state index in [-0.39, 0.29) is 24.3 Å². The molecule has 7 heteroatoms. The molecule has 0 spiro atoms. The normalized spacial score (nSPS) is 10.5. The quantitative estimate of drug-likeness (QED) is 0.557. The third-order valence-corrected chi connectivity index (χ3v) is 4.72. The van der Waals surface area contributed by atoms with Gasteiger partial charge in [0.2, 0.25) is 5.91 Å². The van der Waals surface area contributed by atoms with Crippen molar-refractivity contribution in [2.75, 3.05) is 17.3 Å². The summed E-state index contributed by atoms with van der Waals surface area (Å²) >= 11 is 1.16. The average Bonchev–Trinajstić information content (AvgIpc) is 2.65. The van der Waals surface area contributed by atoms with E-state index in [1.165, 1.54) is 0 Å². The van der Waals surface area contributed by atoms with Crippen LogP contribution in [0, 0.1) is 0 Å². The summed E-state index contributed by atoms with van der Waals surface area (Å²) in [5.41, 5.74) is 6.20. The lowest BCUT2D eigenvalue weighted by atomic mass is 10.2. The van der Waals surface area contributed by atoms with Crippen molar-refractivity contribution >= 4 is 35.2 Å². The molecule has 0 aliphatic carbocycles. The highest BCUT2D eigenvalue weighted by Crippen LogP contribution is 2.23. The van der Waals surface area contributed by atoms with E-state index < -0.39 is 11.9 Å². The molecule has 0 aliphatic rings. The van der Waals surface area contributed by atoms with Crippen LogP contribution in [0.3, 0.4) is 0 Å². The van der Waals surface area contributed by atoms with Crippen LogP contribution in [0.5, 0.6) is 0 Å². The van der Waals surface area contributed by atoms with Crippen LogP contribution in [0.4, 0.5) is 5.69 Å². The minimum absolute atomic E-state index is 0.0539. The fourth-order valence-electron chi connectivity index (χ4n) is 2.50. The molecule has 0 unspecified atom stereocenters. The maximum absolute atomic E-state index is 12.6. The molecule has 142 valence electrons. The maximum atomic E-state index is 12.6. The summed E-state index contributed by atoms with van der Waals surface area (Å²) in [7, 11) is 0. The molecule has 0 bridgehead atoms. The number of carbonyl (C=O) groups is 3. The average molecular weight is 386 g/mol. The van der Waals surface area contributed by atoms with Gasteiger partial charge in [-0.3, -0.25) is 9.59 Å². The van der Waals surface area contributed by atoms with Crippen molar-refractivity contribution in [1.82, 2.24) is 0 Å². The van der Waals surface area contributed by atoms with Crippen molar-refractivity contribution in [3.8, 4) is 0 Å². The number of para-hydroxylation sites is 1. The van der Waals surface area contributed by atoms with E-state index in [1.54, 1.807) is 29.2 Å². The van der Waals surface area contributed by atoms with Crippen LogP contribution < -0.4 is 10.6 Å². The number of hydrogen-bond donors (Lipinski definition) is 1. The van der Waals surface area contributed by atoms with Gasteiger partial charge in [0.05, 0.1) is 11.3 Å². The number of carbonyl (C=O) groups excluding carboxylic acids is 3. The number of ether oxygens (including phenoxy) is 1. The molecule has 0 saturated heterocycles. The number of anilines is 1. The highest BCUT2D eigenvalue weighted by molar-refractivity contribution is 8.00. The molecular formula is C20H22N2O4S. The molecule has 2 aromatic carbocycles. The first-order valence-electron chi connectivity index (χ1n) is 8.44. The summed E-state index contributed by atoms with van der Waals surface area (Å²) in [5.74, 6) is -1.36. The number of esters is 1. The molecule has 0 saturated carbocycles. The largest absolute Gasteiger partial charge is 0.452 e. The third kappa shape index (κ3) is 5.86. The molecule has 2 aromatic rings. The van der Waals surface area contributed by atoms with Gasteiger partial charge < -0.3 is 15.4 Å². The Morgan fingerprint density at radius 3 is 2.30 bits per heavy atom. The van der Waals surface area contributed by atoms with Gasteiger partial charge >= 0.3 is 5.97 Å². The van der Waals surface area contributed by atoms with Gasteiger partial charge in [-0.1, -0.05) is 30.3 Å². The van der Waals surface area contributed by atoms with Crippen molar-refractivity contribution in [3.63, 3.8) is 0 Å². The van der Waals surface area contributed by atoms with Gasteiger partial charge in [0, 0.05) is 16.6 Å². The molecule has 0 radical (unpaired) electrons. The first-order valence-corrected chi connectivity index (χ1v) is 9.43. The number of benzene rings is 2. The first-order chi connectivity index (χ1) is 12.9. The Hall–Kier alpha value is -2.80. The summed E-state index contributed by atoms with van der Waals surface area (Å²) in [4.78, 5) is 38.2. The van der Waals surface area contributed by atoms with Gasteiger partial charge in [0.15, 0.2) is 6.61 Å². The fraction of sp³-hybridized carbons (Fsp3) is 0.250. The zero-order valence-corrected chi connectivity index (χ0v) is 16.1. The Balaban J connectivity index is 2.06. The van der Waals surface area contributed by atoms with Crippen LogP contribution in [0.15, 0.2) is 59.5 Å². The van der Waals surface area contributed by atoms with E-state index in [9.17, 15) is 14.4 Å². The molecule has 0 aliphatic heterocycles. The standard InChI is InChI=1S/C20H22N2O4S/c1-14(2)22(15-8-4-3-5-9-15)19(24)12-26-20(25)16-10-6-7-11-17(16)27-13-18(21)23/h3-11,14H,12-13H2,1-2H3,(H2,21,23). The Labute approximate surface area is 162 Å². The smallest absolute Gasteiger partial charge is 0.339 e. The Morgan fingerprint density at radius 1 is 1.04 bits per heavy atom. The summed E-state index contributed by atoms with van der Waals surface area (Å²) in [6, 6.07) is 15.9. The summed E-state index contributed by atoms with van der Waals surface area (Å²) < 4.78 is 5.23. The lowest BCUT2D eigenvalue weighted by Crippen LogP contribution is -2.39. The zero-order chi connectivity index (χ0) is 19.8. The minimum atomic E-state index is -0.618. The van der Waals surface area contributed by atoms with Crippen molar-refractivity contribution in [2.24, 2.45) is 5.73 Å². The van der Waals surface area contributed by atoms with E-state index in [0.717, 1.165) is 17.4 Å². The summed E-state index contributed by atoms with van der Waals surface area (Å²) in [6.45, 7) is 3.41. The topological polar surface area (TPSA) is 89.7 Å². The monoisotopic (exact) mass is 386 g/mol. The molecule has 27 heavy (non-hydrogen) atoms. The highest BCUT2D eigenvalue weighted by Gasteiger charge is 2.21. The van der Waals surface area contributed by atoms with Crippen LogP contribution in [0.25, 0.3) is 0 Å². The van der Waals surface area contributed by atoms with Crippen molar-refractivity contribution < 1.29 is 19.1 Å². The molecule has 0 aromatic heterocycles. The van der Waals surface area contributed by atoms with Crippen LogP contribution >= 0.6 is 11.8 Å². The predicted octanol–water partition coefficient (Wildman–Crippen LogP) is 2.86. The van der Waals surface area contributed by atoms with E-state index in [0.29, 0.717) is 10.5 Å². The van der Waals surface area contributed by atoms with E-state index in [4.69, 9.17) is 10.5 Å². The molecule has 0 heterocycles. The van der Waals surface area contributed by atoms with Crippen molar-refractivity contribution in [1.29, 1.82) is 0 Å². The number of primary amides is 1. The minimum Gasteiger partial charge on any atom is -0.452 e. The van der Waals surface area contributed by atoms with Gasteiger partial charge in [-0.2, -0.15) is 0 Å². The van der Waals surface area contributed by atoms with Crippen LogP contribution in [0.2, 0.25) is 0 Å². The van der Waals surface area contributed by atoms with E-state index in [1.807, 2.05) is 44.2 Å². The maximum Gasteiger partial charge on any atom is 0.339 e. The predicted molar refractivity (Wildman–Crippen MR) is 106 cm³/mol. The van der Waals surface area contributed by atoms with Crippen molar-refractivity contribution in [2.45, 2.75) is 24.8 Å². The zero-order valence-electron chi connectivity index (χ0n) is 15.3. The number of hydrogen-bond acceptors (Lipinski definition) is 5. The van der Waals surface area contributed by atoms with Gasteiger partial charge in [-0.25, -0.2) is 4.79 Å². The summed E-state index contributed by atoms with van der Waals surface area (Å²) in [5, 5.41) is 0. The number of amides is 2.